The van der Waals surface area contributed by atoms with Crippen LogP contribution in [0.2, 0.25) is 5.02 Å². The highest BCUT2D eigenvalue weighted by atomic mass is 35.5. The number of rotatable bonds is 1. The fourth-order valence-corrected chi connectivity index (χ4v) is 2.35. The second-order valence-corrected chi connectivity index (χ2v) is 4.21. The summed E-state index contributed by atoms with van der Waals surface area (Å²) in [4.78, 5) is 0. The van der Waals surface area contributed by atoms with Gasteiger partial charge in [0.1, 0.15) is 5.82 Å². The van der Waals surface area contributed by atoms with Gasteiger partial charge in [-0.25, -0.2) is 4.39 Å². The van der Waals surface area contributed by atoms with Crippen LogP contribution in [0.1, 0.15) is 17.9 Å². The first-order valence-electron chi connectivity index (χ1n) is 5.03. The molecule has 15 heavy (non-hydrogen) atoms. The van der Waals surface area contributed by atoms with Crippen molar-refractivity contribution in [2.24, 2.45) is 0 Å². The minimum atomic E-state index is -0.562. The molecule has 0 saturated carbocycles. The zero-order chi connectivity index (χ0) is 10.8. The molecule has 0 radical (unpaired) electrons. The van der Waals surface area contributed by atoms with Crippen molar-refractivity contribution in [2.45, 2.75) is 18.4 Å². The van der Waals surface area contributed by atoms with Gasteiger partial charge in [-0.3, -0.25) is 0 Å². The molecule has 0 unspecified atom stereocenters. The Morgan fingerprint density at radius 2 is 2.27 bits per heavy atom. The molecule has 0 bridgehead atoms. The molecule has 2 nitrogen and oxygen atoms in total. The molecule has 1 saturated heterocycles. The van der Waals surface area contributed by atoms with Crippen molar-refractivity contribution in [3.63, 3.8) is 0 Å². The maximum Gasteiger partial charge on any atom is 0.128 e. The summed E-state index contributed by atoms with van der Waals surface area (Å²) in [7, 11) is 0. The van der Waals surface area contributed by atoms with Gasteiger partial charge in [-0.15, -0.1) is 0 Å². The van der Waals surface area contributed by atoms with E-state index in [2.05, 4.69) is 5.32 Å². The summed E-state index contributed by atoms with van der Waals surface area (Å²) in [5.74, 6) is -0.520. The Kier molecular flexibility index (Phi) is 3.24. The van der Waals surface area contributed by atoms with Crippen LogP contribution in [0, 0.1) is 5.82 Å². The second kappa shape index (κ2) is 4.47. The molecule has 1 aromatic rings. The number of nitrogens with one attached hydrogen (secondary N) is 1. The Hall–Kier alpha value is -0.640. The van der Waals surface area contributed by atoms with Gasteiger partial charge in [0.25, 0.3) is 0 Å². The number of benzene rings is 1. The van der Waals surface area contributed by atoms with Crippen LogP contribution in [0.15, 0.2) is 18.2 Å². The molecule has 0 aliphatic carbocycles. The average molecular weight is 230 g/mol. The molecule has 0 spiro atoms. The lowest BCUT2D eigenvalue weighted by Crippen LogP contribution is -2.39. The SMILES string of the molecule is O[C@H]1CNCC[C@@H]1c1c(F)cccc1Cl. The number of aliphatic hydroxyl groups excluding tert-OH is 1. The minimum Gasteiger partial charge on any atom is -0.391 e. The van der Waals surface area contributed by atoms with Crippen LogP contribution in [0.4, 0.5) is 4.39 Å². The van der Waals surface area contributed by atoms with Gasteiger partial charge in [0.05, 0.1) is 6.10 Å². The van der Waals surface area contributed by atoms with Crippen LogP contribution in [-0.2, 0) is 0 Å². The van der Waals surface area contributed by atoms with Gasteiger partial charge < -0.3 is 10.4 Å². The summed E-state index contributed by atoms with van der Waals surface area (Å²) >= 11 is 5.96. The smallest absolute Gasteiger partial charge is 0.128 e. The number of hydrogen-bond acceptors (Lipinski definition) is 2. The zero-order valence-electron chi connectivity index (χ0n) is 8.21. The van der Waals surface area contributed by atoms with Gasteiger partial charge in [-0.2, -0.15) is 0 Å². The Balaban J connectivity index is 2.35. The van der Waals surface area contributed by atoms with Crippen LogP contribution in [0.25, 0.3) is 0 Å². The van der Waals surface area contributed by atoms with Gasteiger partial charge in [-0.05, 0) is 25.1 Å². The van der Waals surface area contributed by atoms with Crippen molar-refractivity contribution in [1.82, 2.24) is 5.32 Å². The summed E-state index contributed by atoms with van der Waals surface area (Å²) in [6, 6.07) is 4.62. The van der Waals surface area contributed by atoms with E-state index in [4.69, 9.17) is 11.6 Å². The van der Waals surface area contributed by atoms with Crippen molar-refractivity contribution >= 4 is 11.6 Å². The Morgan fingerprint density at radius 3 is 2.93 bits per heavy atom. The van der Waals surface area contributed by atoms with Gasteiger partial charge in [0.2, 0.25) is 0 Å². The molecule has 0 aromatic heterocycles. The van der Waals surface area contributed by atoms with E-state index in [1.165, 1.54) is 6.07 Å². The fraction of sp³-hybridized carbons (Fsp3) is 0.455. The molecule has 4 heteroatoms. The van der Waals surface area contributed by atoms with Crippen LogP contribution in [0.3, 0.4) is 0 Å². The predicted octanol–water partition coefficient (Wildman–Crippen LogP) is 1.92. The highest BCUT2D eigenvalue weighted by Gasteiger charge is 2.28. The highest BCUT2D eigenvalue weighted by Crippen LogP contribution is 2.33. The number of piperidine rings is 1. The molecule has 1 aliphatic heterocycles. The summed E-state index contributed by atoms with van der Waals surface area (Å²) in [6.45, 7) is 1.28. The highest BCUT2D eigenvalue weighted by molar-refractivity contribution is 6.31. The summed E-state index contributed by atoms with van der Waals surface area (Å²) < 4.78 is 13.6. The largest absolute Gasteiger partial charge is 0.391 e. The molecule has 0 amide bonds. The molecule has 2 rings (SSSR count). The van der Waals surface area contributed by atoms with Crippen LogP contribution >= 0.6 is 11.6 Å². The average Bonchev–Trinajstić information content (AvgIpc) is 2.20. The van der Waals surface area contributed by atoms with Gasteiger partial charge in [-0.1, -0.05) is 17.7 Å². The van der Waals surface area contributed by atoms with E-state index in [1.807, 2.05) is 0 Å². The van der Waals surface area contributed by atoms with Crippen molar-refractivity contribution < 1.29 is 9.50 Å². The first-order chi connectivity index (χ1) is 7.20. The monoisotopic (exact) mass is 229 g/mol. The van der Waals surface area contributed by atoms with E-state index >= 15 is 0 Å². The molecular formula is C11H13ClFNO. The van der Waals surface area contributed by atoms with Crippen molar-refractivity contribution in [3.8, 4) is 0 Å². The third-order valence-electron chi connectivity index (χ3n) is 2.82. The maximum atomic E-state index is 13.6. The van der Waals surface area contributed by atoms with Crippen molar-refractivity contribution in [1.29, 1.82) is 0 Å². The maximum absolute atomic E-state index is 13.6. The van der Waals surface area contributed by atoms with Crippen molar-refractivity contribution in [2.75, 3.05) is 13.1 Å². The molecule has 1 fully saturated rings. The minimum absolute atomic E-state index is 0.194. The summed E-state index contributed by atoms with van der Waals surface area (Å²) in [5.41, 5.74) is 0.452. The number of hydrogen-bond donors (Lipinski definition) is 2. The van der Waals surface area contributed by atoms with Gasteiger partial charge in [0.15, 0.2) is 0 Å². The summed E-state index contributed by atoms with van der Waals surface area (Å²) in [5, 5.41) is 13.2. The molecule has 2 N–H and O–H groups in total. The van der Waals surface area contributed by atoms with Gasteiger partial charge >= 0.3 is 0 Å². The van der Waals surface area contributed by atoms with E-state index in [9.17, 15) is 9.50 Å². The van der Waals surface area contributed by atoms with E-state index in [0.29, 0.717) is 23.6 Å². The number of β-amino-alcohol motifs (C(OH)–C–C–N with tert-alkyl or cyclic N) is 1. The van der Waals surface area contributed by atoms with E-state index in [1.54, 1.807) is 12.1 Å². The third kappa shape index (κ3) is 2.14. The normalized spacial score (nSPS) is 26.6. The Morgan fingerprint density at radius 1 is 1.47 bits per heavy atom. The third-order valence-corrected chi connectivity index (χ3v) is 3.15. The second-order valence-electron chi connectivity index (χ2n) is 3.80. The van der Waals surface area contributed by atoms with E-state index < -0.39 is 6.10 Å². The van der Waals surface area contributed by atoms with Crippen molar-refractivity contribution in [3.05, 3.63) is 34.6 Å². The standard InChI is InChI=1S/C11H13ClFNO/c12-8-2-1-3-9(13)11(8)7-4-5-14-6-10(7)15/h1-3,7,10,14-15H,4-6H2/t7-,10-/m0/s1. The predicted molar refractivity (Wildman–Crippen MR) is 57.6 cm³/mol. The first-order valence-corrected chi connectivity index (χ1v) is 5.40. The zero-order valence-corrected chi connectivity index (χ0v) is 8.97. The van der Waals surface area contributed by atoms with E-state index in [0.717, 1.165) is 6.54 Å². The quantitative estimate of drug-likeness (QED) is 0.771. The number of halogens is 2. The lowest BCUT2D eigenvalue weighted by molar-refractivity contribution is 0.117. The fourth-order valence-electron chi connectivity index (χ4n) is 2.04. The molecule has 1 aliphatic rings. The van der Waals surface area contributed by atoms with Crippen LogP contribution in [0.5, 0.6) is 0 Å². The van der Waals surface area contributed by atoms with Gasteiger partial charge in [0, 0.05) is 23.0 Å². The Bertz CT molecular complexity index is 338. The molecule has 2 atom stereocenters. The van der Waals surface area contributed by atoms with Crippen LogP contribution in [-0.4, -0.2) is 24.3 Å². The van der Waals surface area contributed by atoms with E-state index in [-0.39, 0.29) is 11.7 Å². The van der Waals surface area contributed by atoms with Crippen LogP contribution < -0.4 is 5.32 Å². The number of aliphatic hydroxyl groups is 1. The Labute approximate surface area is 93.1 Å². The summed E-state index contributed by atoms with van der Waals surface area (Å²) in [6.07, 6.45) is 0.148. The molecule has 82 valence electrons. The first kappa shape index (κ1) is 10.9. The topological polar surface area (TPSA) is 32.3 Å². The lowest BCUT2D eigenvalue weighted by atomic mass is 9.87. The lowest BCUT2D eigenvalue weighted by Gasteiger charge is -2.29. The molecule has 1 aromatic carbocycles. The molecule has 1 heterocycles. The molecular weight excluding hydrogens is 217 g/mol.